The second-order valence-corrected chi connectivity index (χ2v) is 5.23. The molecule has 0 atom stereocenters. The van der Waals surface area contributed by atoms with Gasteiger partial charge in [0, 0.05) is 23.6 Å². The van der Waals surface area contributed by atoms with Crippen LogP contribution in [0.15, 0.2) is 73.1 Å². The van der Waals surface area contributed by atoms with Crippen LogP contribution in [0.1, 0.15) is 15.9 Å². The van der Waals surface area contributed by atoms with Crippen molar-refractivity contribution in [3.05, 3.63) is 84.2 Å². The number of carbonyl (C=O) groups is 1. The summed E-state index contributed by atoms with van der Waals surface area (Å²) in [5.41, 5.74) is 4.33. The van der Waals surface area contributed by atoms with E-state index in [1.165, 1.54) is 5.56 Å². The number of carbonyl (C=O) groups excluding carboxylic acids is 1. The molecule has 1 amide bonds. The van der Waals surface area contributed by atoms with Crippen molar-refractivity contribution in [1.29, 1.82) is 0 Å². The van der Waals surface area contributed by atoms with E-state index in [2.05, 4.69) is 15.6 Å². The molecule has 0 saturated heterocycles. The van der Waals surface area contributed by atoms with E-state index >= 15 is 0 Å². The summed E-state index contributed by atoms with van der Waals surface area (Å²) in [7, 11) is 0. The van der Waals surface area contributed by atoms with Crippen LogP contribution >= 0.6 is 0 Å². The second-order valence-electron chi connectivity index (χ2n) is 5.23. The van der Waals surface area contributed by atoms with Gasteiger partial charge in [0.2, 0.25) is 0 Å². The zero-order chi connectivity index (χ0) is 16.1. The first kappa shape index (κ1) is 14.8. The number of pyridine rings is 1. The predicted molar refractivity (Wildman–Crippen MR) is 93.1 cm³/mol. The molecule has 114 valence electrons. The standard InChI is InChI=1S/C19H17N3O/c1-14-6-8-16(9-7-14)21-17-4-2-3-5-18(17)22-19(23)15-10-12-20-13-11-15/h2-13,21H,1H3,(H,22,23). The third-order valence-corrected chi connectivity index (χ3v) is 3.45. The summed E-state index contributed by atoms with van der Waals surface area (Å²) in [6.45, 7) is 2.05. The summed E-state index contributed by atoms with van der Waals surface area (Å²) in [5, 5.41) is 6.26. The molecule has 3 aromatic rings. The molecule has 0 aliphatic rings. The quantitative estimate of drug-likeness (QED) is 0.751. The number of aryl methyl sites for hydroxylation is 1. The molecule has 0 spiro atoms. The van der Waals surface area contributed by atoms with E-state index in [-0.39, 0.29) is 5.91 Å². The van der Waals surface area contributed by atoms with Gasteiger partial charge in [0.05, 0.1) is 11.4 Å². The molecule has 1 heterocycles. The van der Waals surface area contributed by atoms with E-state index in [1.807, 2.05) is 55.5 Å². The summed E-state index contributed by atoms with van der Waals surface area (Å²) < 4.78 is 0. The summed E-state index contributed by atoms with van der Waals surface area (Å²) in [6.07, 6.45) is 3.21. The van der Waals surface area contributed by atoms with E-state index < -0.39 is 0 Å². The highest BCUT2D eigenvalue weighted by atomic mass is 16.1. The van der Waals surface area contributed by atoms with Gasteiger partial charge in [-0.1, -0.05) is 29.8 Å². The number of nitrogens with zero attached hydrogens (tertiary/aromatic N) is 1. The maximum absolute atomic E-state index is 12.3. The Morgan fingerprint density at radius 2 is 1.52 bits per heavy atom. The van der Waals surface area contributed by atoms with Gasteiger partial charge in [0.1, 0.15) is 0 Å². The number of aromatic nitrogens is 1. The fraction of sp³-hybridized carbons (Fsp3) is 0.0526. The van der Waals surface area contributed by atoms with Gasteiger partial charge in [0.15, 0.2) is 0 Å². The molecular weight excluding hydrogens is 286 g/mol. The Kier molecular flexibility index (Phi) is 4.34. The van der Waals surface area contributed by atoms with Crippen molar-refractivity contribution in [2.24, 2.45) is 0 Å². The molecule has 2 aromatic carbocycles. The Balaban J connectivity index is 1.80. The minimum Gasteiger partial charge on any atom is -0.354 e. The zero-order valence-corrected chi connectivity index (χ0v) is 12.8. The van der Waals surface area contributed by atoms with Gasteiger partial charge in [0.25, 0.3) is 5.91 Å². The molecule has 0 aliphatic carbocycles. The maximum Gasteiger partial charge on any atom is 0.255 e. The molecule has 0 aliphatic heterocycles. The fourth-order valence-corrected chi connectivity index (χ4v) is 2.19. The van der Waals surface area contributed by atoms with Gasteiger partial charge < -0.3 is 10.6 Å². The van der Waals surface area contributed by atoms with E-state index in [0.717, 1.165) is 17.1 Å². The van der Waals surface area contributed by atoms with Crippen molar-refractivity contribution >= 4 is 23.0 Å². The van der Waals surface area contributed by atoms with Gasteiger partial charge in [-0.2, -0.15) is 0 Å². The van der Waals surface area contributed by atoms with Crippen LogP contribution in [0.3, 0.4) is 0 Å². The normalized spacial score (nSPS) is 10.1. The first-order chi connectivity index (χ1) is 11.2. The lowest BCUT2D eigenvalue weighted by Crippen LogP contribution is -2.13. The van der Waals surface area contributed by atoms with Crippen molar-refractivity contribution in [2.75, 3.05) is 10.6 Å². The Labute approximate surface area is 135 Å². The van der Waals surface area contributed by atoms with Crippen LogP contribution < -0.4 is 10.6 Å². The van der Waals surface area contributed by atoms with Gasteiger partial charge in [-0.25, -0.2) is 0 Å². The lowest BCUT2D eigenvalue weighted by Gasteiger charge is -2.13. The summed E-state index contributed by atoms with van der Waals surface area (Å²) in [6, 6.07) is 19.1. The maximum atomic E-state index is 12.3. The number of para-hydroxylation sites is 2. The van der Waals surface area contributed by atoms with Gasteiger partial charge in [-0.3, -0.25) is 9.78 Å². The molecule has 4 heteroatoms. The molecule has 4 nitrogen and oxygen atoms in total. The second kappa shape index (κ2) is 6.75. The van der Waals surface area contributed by atoms with E-state index in [4.69, 9.17) is 0 Å². The third-order valence-electron chi connectivity index (χ3n) is 3.45. The number of nitrogens with one attached hydrogen (secondary N) is 2. The monoisotopic (exact) mass is 303 g/mol. The highest BCUT2D eigenvalue weighted by molar-refractivity contribution is 6.06. The number of rotatable bonds is 4. The average molecular weight is 303 g/mol. The van der Waals surface area contributed by atoms with Crippen molar-refractivity contribution in [3.63, 3.8) is 0 Å². The van der Waals surface area contributed by atoms with Gasteiger partial charge in [-0.05, 0) is 43.3 Å². The number of hydrogen-bond acceptors (Lipinski definition) is 3. The smallest absolute Gasteiger partial charge is 0.255 e. The number of hydrogen-bond donors (Lipinski definition) is 2. The summed E-state index contributed by atoms with van der Waals surface area (Å²) >= 11 is 0. The van der Waals surface area contributed by atoms with E-state index in [9.17, 15) is 4.79 Å². The molecule has 23 heavy (non-hydrogen) atoms. The van der Waals surface area contributed by atoms with Crippen molar-refractivity contribution in [2.45, 2.75) is 6.92 Å². The Morgan fingerprint density at radius 3 is 2.22 bits per heavy atom. The largest absolute Gasteiger partial charge is 0.354 e. The molecular formula is C19H17N3O. The Morgan fingerprint density at radius 1 is 0.870 bits per heavy atom. The molecule has 0 fully saturated rings. The summed E-state index contributed by atoms with van der Waals surface area (Å²) in [4.78, 5) is 16.2. The van der Waals surface area contributed by atoms with Crippen molar-refractivity contribution < 1.29 is 4.79 Å². The van der Waals surface area contributed by atoms with Gasteiger partial charge >= 0.3 is 0 Å². The number of anilines is 3. The summed E-state index contributed by atoms with van der Waals surface area (Å²) in [5.74, 6) is -0.162. The first-order valence-electron chi connectivity index (χ1n) is 7.36. The lowest BCUT2D eigenvalue weighted by molar-refractivity contribution is 0.102. The topological polar surface area (TPSA) is 54.0 Å². The lowest BCUT2D eigenvalue weighted by atomic mass is 10.2. The molecule has 0 radical (unpaired) electrons. The van der Waals surface area contributed by atoms with Crippen LogP contribution in [0.2, 0.25) is 0 Å². The van der Waals surface area contributed by atoms with Crippen LogP contribution in [0.4, 0.5) is 17.1 Å². The Hall–Kier alpha value is -3.14. The SMILES string of the molecule is Cc1ccc(Nc2ccccc2NC(=O)c2ccncc2)cc1. The molecule has 0 bridgehead atoms. The molecule has 0 saturated carbocycles. The minimum absolute atomic E-state index is 0.162. The minimum atomic E-state index is -0.162. The van der Waals surface area contributed by atoms with Crippen molar-refractivity contribution in [1.82, 2.24) is 4.98 Å². The fourth-order valence-electron chi connectivity index (χ4n) is 2.19. The predicted octanol–water partition coefficient (Wildman–Crippen LogP) is 4.39. The van der Waals surface area contributed by atoms with Crippen LogP contribution in [0.25, 0.3) is 0 Å². The van der Waals surface area contributed by atoms with E-state index in [1.54, 1.807) is 24.5 Å². The average Bonchev–Trinajstić information content (AvgIpc) is 2.59. The van der Waals surface area contributed by atoms with E-state index in [0.29, 0.717) is 5.56 Å². The van der Waals surface area contributed by atoms with Crippen LogP contribution in [-0.2, 0) is 0 Å². The molecule has 2 N–H and O–H groups in total. The number of benzene rings is 2. The van der Waals surface area contributed by atoms with Crippen LogP contribution in [0, 0.1) is 6.92 Å². The highest BCUT2D eigenvalue weighted by Crippen LogP contribution is 2.25. The molecule has 1 aromatic heterocycles. The Bertz CT molecular complexity index is 798. The van der Waals surface area contributed by atoms with Crippen LogP contribution in [0.5, 0.6) is 0 Å². The number of amides is 1. The molecule has 3 rings (SSSR count). The zero-order valence-electron chi connectivity index (χ0n) is 12.8. The van der Waals surface area contributed by atoms with Gasteiger partial charge in [-0.15, -0.1) is 0 Å². The third kappa shape index (κ3) is 3.74. The van der Waals surface area contributed by atoms with Crippen molar-refractivity contribution in [3.8, 4) is 0 Å². The first-order valence-corrected chi connectivity index (χ1v) is 7.36. The molecule has 0 unspecified atom stereocenters. The highest BCUT2D eigenvalue weighted by Gasteiger charge is 2.08. The van der Waals surface area contributed by atoms with Crippen LogP contribution in [-0.4, -0.2) is 10.9 Å².